The molecule has 0 aliphatic rings. The van der Waals surface area contributed by atoms with E-state index in [1.165, 1.54) is 0 Å². The zero-order chi connectivity index (χ0) is 12.4. The van der Waals surface area contributed by atoms with Crippen LogP contribution in [0.3, 0.4) is 0 Å². The van der Waals surface area contributed by atoms with Crippen LogP contribution in [0.4, 0.5) is 0 Å². The van der Waals surface area contributed by atoms with Crippen LogP contribution in [-0.2, 0) is 6.42 Å². The third-order valence-electron chi connectivity index (χ3n) is 2.34. The Hall–Kier alpha value is -0.420. The Labute approximate surface area is 117 Å². The normalized spacial score (nSPS) is 12.7. The Bertz CT molecular complexity index is 509. The molecule has 1 aromatic heterocycles. The number of aryl methyl sites for hydroxylation is 1. The van der Waals surface area contributed by atoms with Crippen molar-refractivity contribution in [1.29, 1.82) is 0 Å². The number of hydrogen-bond donors (Lipinski definition) is 1. The average molecular weight is 333 g/mol. The van der Waals surface area contributed by atoms with Crippen LogP contribution in [0.2, 0.25) is 5.02 Å². The monoisotopic (exact) mass is 331 g/mol. The molecule has 90 valence electrons. The molecule has 0 fully saturated rings. The summed E-state index contributed by atoms with van der Waals surface area (Å²) >= 11 is 10.9. The Morgan fingerprint density at radius 1 is 1.47 bits per heavy atom. The van der Waals surface area contributed by atoms with E-state index < -0.39 is 6.10 Å². The van der Waals surface area contributed by atoms with Gasteiger partial charge >= 0.3 is 0 Å². The molecule has 2 nitrogen and oxygen atoms in total. The van der Waals surface area contributed by atoms with Gasteiger partial charge in [0, 0.05) is 21.3 Å². The number of nitrogens with zero attached hydrogens (tertiary/aromatic N) is 1. The maximum Gasteiger partial charge on any atom is 0.0897 e. The Kier molecular flexibility index (Phi) is 4.20. The third kappa shape index (κ3) is 3.52. The Morgan fingerprint density at radius 2 is 2.24 bits per heavy atom. The van der Waals surface area contributed by atoms with Gasteiger partial charge in [0.15, 0.2) is 0 Å². The van der Waals surface area contributed by atoms with E-state index in [4.69, 9.17) is 11.6 Å². The van der Waals surface area contributed by atoms with Crippen LogP contribution in [0.1, 0.15) is 22.4 Å². The number of benzene rings is 1. The minimum absolute atomic E-state index is 0.511. The molecule has 17 heavy (non-hydrogen) atoms. The lowest BCUT2D eigenvalue weighted by Crippen LogP contribution is -2.02. The summed E-state index contributed by atoms with van der Waals surface area (Å²) < 4.78 is 0.869. The Balaban J connectivity index is 2.16. The van der Waals surface area contributed by atoms with Gasteiger partial charge in [0.2, 0.25) is 0 Å². The van der Waals surface area contributed by atoms with Crippen LogP contribution in [-0.4, -0.2) is 10.1 Å². The van der Waals surface area contributed by atoms with Crippen molar-refractivity contribution in [2.75, 3.05) is 0 Å². The molecule has 1 unspecified atom stereocenters. The van der Waals surface area contributed by atoms with E-state index in [9.17, 15) is 5.11 Å². The second-order valence-corrected chi connectivity index (χ2v) is 6.19. The topological polar surface area (TPSA) is 33.1 Å². The van der Waals surface area contributed by atoms with Gasteiger partial charge < -0.3 is 5.11 Å². The molecule has 1 aromatic carbocycles. The second-order valence-electron chi connectivity index (χ2n) is 3.78. The van der Waals surface area contributed by atoms with Crippen LogP contribution in [0.25, 0.3) is 0 Å². The number of rotatable bonds is 3. The lowest BCUT2D eigenvalue weighted by atomic mass is 10.1. The average Bonchev–Trinajstić information content (AvgIpc) is 2.62. The maximum absolute atomic E-state index is 10.1. The van der Waals surface area contributed by atoms with E-state index in [0.717, 1.165) is 20.7 Å². The van der Waals surface area contributed by atoms with Crippen LogP contribution in [0.15, 0.2) is 28.1 Å². The molecule has 0 spiro atoms. The fourth-order valence-electron chi connectivity index (χ4n) is 1.59. The van der Waals surface area contributed by atoms with Crippen LogP contribution in [0.5, 0.6) is 0 Å². The predicted octanol–water partition coefficient (Wildman–Crippen LogP) is 4.14. The van der Waals surface area contributed by atoms with Crippen molar-refractivity contribution >= 4 is 38.9 Å². The Morgan fingerprint density at radius 3 is 2.82 bits per heavy atom. The number of thiazole rings is 1. The summed E-state index contributed by atoms with van der Waals surface area (Å²) in [5.41, 5.74) is 1.71. The van der Waals surface area contributed by atoms with E-state index in [2.05, 4.69) is 20.9 Å². The molecule has 0 aliphatic heterocycles. The number of aliphatic hydroxyl groups excluding tert-OH is 1. The van der Waals surface area contributed by atoms with Gasteiger partial charge in [-0.25, -0.2) is 4.98 Å². The fourth-order valence-corrected chi connectivity index (χ4v) is 3.10. The van der Waals surface area contributed by atoms with Gasteiger partial charge in [0.05, 0.1) is 16.8 Å². The van der Waals surface area contributed by atoms with Crippen LogP contribution < -0.4 is 0 Å². The van der Waals surface area contributed by atoms with Crippen molar-refractivity contribution in [1.82, 2.24) is 4.98 Å². The van der Waals surface area contributed by atoms with Crippen molar-refractivity contribution in [2.24, 2.45) is 0 Å². The molecule has 2 aromatic rings. The molecule has 1 N–H and O–H groups in total. The minimum atomic E-state index is -0.577. The number of hydrogen-bond acceptors (Lipinski definition) is 3. The van der Waals surface area contributed by atoms with Crippen molar-refractivity contribution in [3.8, 4) is 0 Å². The largest absolute Gasteiger partial charge is 0.388 e. The van der Waals surface area contributed by atoms with Crippen molar-refractivity contribution < 1.29 is 5.11 Å². The summed E-state index contributed by atoms with van der Waals surface area (Å²) in [6.45, 7) is 1.95. The van der Waals surface area contributed by atoms with Gasteiger partial charge in [-0.1, -0.05) is 27.5 Å². The molecule has 0 aliphatic carbocycles. The van der Waals surface area contributed by atoms with E-state index in [1.807, 2.05) is 18.4 Å². The molecule has 0 bridgehead atoms. The van der Waals surface area contributed by atoms with E-state index >= 15 is 0 Å². The van der Waals surface area contributed by atoms with Crippen LogP contribution in [0, 0.1) is 6.92 Å². The molecule has 0 amide bonds. The standard InChI is InChI=1S/C12H11BrClNOS/c1-7-15-11(6-17-7)5-12(16)8-2-9(13)4-10(14)3-8/h2-4,6,12,16H,5H2,1H3. The van der Waals surface area contributed by atoms with Gasteiger partial charge in [0.1, 0.15) is 0 Å². The fraction of sp³-hybridized carbons (Fsp3) is 0.250. The van der Waals surface area contributed by atoms with Crippen molar-refractivity contribution in [3.63, 3.8) is 0 Å². The smallest absolute Gasteiger partial charge is 0.0897 e. The first-order chi connectivity index (χ1) is 8.04. The second kappa shape index (κ2) is 5.48. The highest BCUT2D eigenvalue weighted by Crippen LogP contribution is 2.26. The van der Waals surface area contributed by atoms with E-state index in [1.54, 1.807) is 23.5 Å². The molecular weight excluding hydrogens is 322 g/mol. The first kappa shape index (κ1) is 13.0. The van der Waals surface area contributed by atoms with Gasteiger partial charge in [-0.2, -0.15) is 0 Å². The number of aromatic nitrogens is 1. The van der Waals surface area contributed by atoms with Crippen molar-refractivity contribution in [3.05, 3.63) is 49.3 Å². The SMILES string of the molecule is Cc1nc(CC(O)c2cc(Cl)cc(Br)c2)cs1. The molecule has 5 heteroatoms. The number of halogens is 2. The molecule has 0 saturated heterocycles. The lowest BCUT2D eigenvalue weighted by Gasteiger charge is -2.10. The predicted molar refractivity (Wildman–Crippen MR) is 74.7 cm³/mol. The van der Waals surface area contributed by atoms with E-state index in [0.29, 0.717) is 11.4 Å². The zero-order valence-corrected chi connectivity index (χ0v) is 12.3. The lowest BCUT2D eigenvalue weighted by molar-refractivity contribution is 0.177. The van der Waals surface area contributed by atoms with Gasteiger partial charge in [-0.3, -0.25) is 0 Å². The van der Waals surface area contributed by atoms with E-state index in [-0.39, 0.29) is 0 Å². The van der Waals surface area contributed by atoms with Gasteiger partial charge in [-0.15, -0.1) is 11.3 Å². The van der Waals surface area contributed by atoms with Crippen LogP contribution >= 0.6 is 38.9 Å². The molecule has 1 heterocycles. The highest BCUT2D eigenvalue weighted by atomic mass is 79.9. The summed E-state index contributed by atoms with van der Waals surface area (Å²) in [7, 11) is 0. The molecular formula is C12H11BrClNOS. The highest BCUT2D eigenvalue weighted by molar-refractivity contribution is 9.10. The summed E-state index contributed by atoms with van der Waals surface area (Å²) in [5, 5.41) is 13.7. The summed E-state index contributed by atoms with van der Waals surface area (Å²) in [6, 6.07) is 5.44. The maximum atomic E-state index is 10.1. The molecule has 1 atom stereocenters. The molecule has 0 saturated carbocycles. The first-order valence-corrected chi connectivity index (χ1v) is 7.15. The minimum Gasteiger partial charge on any atom is -0.388 e. The zero-order valence-electron chi connectivity index (χ0n) is 9.15. The molecule has 2 rings (SSSR count). The quantitative estimate of drug-likeness (QED) is 0.916. The number of aliphatic hydroxyl groups is 1. The van der Waals surface area contributed by atoms with Gasteiger partial charge in [0.25, 0.3) is 0 Å². The highest BCUT2D eigenvalue weighted by Gasteiger charge is 2.12. The third-order valence-corrected chi connectivity index (χ3v) is 3.84. The first-order valence-electron chi connectivity index (χ1n) is 5.09. The summed E-state index contributed by atoms with van der Waals surface area (Å²) in [4.78, 5) is 4.33. The summed E-state index contributed by atoms with van der Waals surface area (Å²) in [6.07, 6.45) is -0.0663. The molecule has 0 radical (unpaired) electrons. The van der Waals surface area contributed by atoms with Crippen molar-refractivity contribution in [2.45, 2.75) is 19.4 Å². The summed E-state index contributed by atoms with van der Waals surface area (Å²) in [5.74, 6) is 0. The van der Waals surface area contributed by atoms with Gasteiger partial charge in [-0.05, 0) is 30.7 Å².